The molecule has 1 aromatic carbocycles. The van der Waals surface area contributed by atoms with Crippen LogP contribution in [0.25, 0.3) is 6.08 Å². The van der Waals surface area contributed by atoms with Crippen LogP contribution >= 0.6 is 0 Å². The summed E-state index contributed by atoms with van der Waals surface area (Å²) < 4.78 is 0. The smallest absolute Gasteiger partial charge is 0.130 e. The van der Waals surface area contributed by atoms with E-state index < -0.39 is 0 Å². The molecule has 0 unspecified atom stereocenters. The van der Waals surface area contributed by atoms with Gasteiger partial charge < -0.3 is 0 Å². The van der Waals surface area contributed by atoms with Crippen molar-refractivity contribution in [2.45, 2.75) is 40.2 Å². The lowest BCUT2D eigenvalue weighted by molar-refractivity contribution is 0.185. The number of benzene rings is 1. The van der Waals surface area contributed by atoms with Crippen molar-refractivity contribution in [3.63, 3.8) is 0 Å². The van der Waals surface area contributed by atoms with E-state index in [-0.39, 0.29) is 5.57 Å². The number of nitriles is 2. The average Bonchev–Trinajstić information content (AvgIpc) is 2.51. The fraction of sp³-hybridized carbons (Fsp3) is 0.474. The molecule has 1 saturated heterocycles. The van der Waals surface area contributed by atoms with Gasteiger partial charge in [-0.25, -0.2) is 0 Å². The monoisotopic (exact) mass is 293 g/mol. The molecule has 1 heterocycles. The van der Waals surface area contributed by atoms with E-state index in [2.05, 4.69) is 30.9 Å². The Bertz CT molecular complexity index is 634. The molecule has 0 amide bonds. The lowest BCUT2D eigenvalue weighted by Crippen LogP contribution is -2.32. The van der Waals surface area contributed by atoms with Gasteiger partial charge in [0, 0.05) is 6.54 Å². The van der Waals surface area contributed by atoms with Gasteiger partial charge in [-0.2, -0.15) is 10.5 Å². The number of rotatable bonds is 3. The van der Waals surface area contributed by atoms with E-state index in [1.54, 1.807) is 6.08 Å². The Balaban J connectivity index is 2.24. The minimum absolute atomic E-state index is 0.157. The Hall–Kier alpha value is -2.10. The van der Waals surface area contributed by atoms with Gasteiger partial charge in [0.1, 0.15) is 17.7 Å². The van der Waals surface area contributed by atoms with Gasteiger partial charge in [0.15, 0.2) is 0 Å². The van der Waals surface area contributed by atoms with Crippen LogP contribution in [0.1, 0.15) is 42.0 Å². The van der Waals surface area contributed by atoms with E-state index in [0.29, 0.717) is 0 Å². The topological polar surface area (TPSA) is 50.8 Å². The average molecular weight is 293 g/mol. The third-order valence-corrected chi connectivity index (χ3v) is 4.54. The third-order valence-electron chi connectivity index (χ3n) is 4.54. The molecule has 0 aliphatic carbocycles. The normalized spacial score (nSPS) is 15.9. The van der Waals surface area contributed by atoms with Gasteiger partial charge in [-0.1, -0.05) is 13.0 Å². The highest BCUT2D eigenvalue weighted by Crippen LogP contribution is 2.23. The number of allylic oxidation sites excluding steroid dienone is 1. The summed E-state index contributed by atoms with van der Waals surface area (Å²) >= 11 is 0. The lowest BCUT2D eigenvalue weighted by Gasteiger charge is -2.30. The number of nitrogens with zero attached hydrogens (tertiary/aromatic N) is 3. The molecule has 2 rings (SSSR count). The van der Waals surface area contributed by atoms with Crippen LogP contribution in [0.5, 0.6) is 0 Å². The fourth-order valence-electron chi connectivity index (χ4n) is 2.95. The Morgan fingerprint density at radius 2 is 1.82 bits per heavy atom. The second-order valence-electron chi connectivity index (χ2n) is 6.38. The van der Waals surface area contributed by atoms with Crippen molar-refractivity contribution in [3.8, 4) is 12.1 Å². The van der Waals surface area contributed by atoms with Crippen LogP contribution in [0, 0.1) is 42.4 Å². The van der Waals surface area contributed by atoms with Gasteiger partial charge in [-0.05, 0) is 80.1 Å². The Labute approximate surface area is 133 Å². The summed E-state index contributed by atoms with van der Waals surface area (Å²) in [4.78, 5) is 2.50. The highest BCUT2D eigenvalue weighted by Gasteiger charge is 2.16. The van der Waals surface area contributed by atoms with Crippen molar-refractivity contribution in [2.75, 3.05) is 13.1 Å². The fourth-order valence-corrected chi connectivity index (χ4v) is 2.95. The van der Waals surface area contributed by atoms with Crippen molar-refractivity contribution < 1.29 is 0 Å². The number of hydrogen-bond acceptors (Lipinski definition) is 3. The zero-order valence-corrected chi connectivity index (χ0v) is 13.7. The molecule has 0 saturated carbocycles. The number of aryl methyl sites for hydroxylation is 2. The standard InChI is InChI=1S/C19H23N3/c1-14-4-6-22(7-5-14)13-19-10-18(9-17(11-20)12-21)15(2)8-16(19)3/h8-10,14H,4-7,13H2,1-3H3. The zero-order valence-electron chi connectivity index (χ0n) is 13.7. The zero-order chi connectivity index (χ0) is 16.1. The predicted octanol–water partition coefficient (Wildman–Crippen LogP) is 3.97. The summed E-state index contributed by atoms with van der Waals surface area (Å²) in [5.74, 6) is 0.836. The molecule has 0 radical (unpaired) electrons. The van der Waals surface area contributed by atoms with Gasteiger partial charge in [-0.15, -0.1) is 0 Å². The van der Waals surface area contributed by atoms with Crippen LogP contribution in [0.2, 0.25) is 0 Å². The van der Waals surface area contributed by atoms with Crippen LogP contribution in [0.3, 0.4) is 0 Å². The first-order valence-electron chi connectivity index (χ1n) is 7.88. The highest BCUT2D eigenvalue weighted by atomic mass is 15.1. The molecular formula is C19H23N3. The van der Waals surface area contributed by atoms with Gasteiger partial charge in [0.25, 0.3) is 0 Å². The summed E-state index contributed by atoms with van der Waals surface area (Å²) in [6.45, 7) is 9.74. The highest BCUT2D eigenvalue weighted by molar-refractivity contribution is 5.65. The van der Waals surface area contributed by atoms with Crippen LogP contribution in [0.15, 0.2) is 17.7 Å². The van der Waals surface area contributed by atoms with Gasteiger partial charge >= 0.3 is 0 Å². The third kappa shape index (κ3) is 3.97. The van der Waals surface area contributed by atoms with Crippen molar-refractivity contribution in [1.29, 1.82) is 10.5 Å². The van der Waals surface area contributed by atoms with Gasteiger partial charge in [0.05, 0.1) is 0 Å². The first-order valence-corrected chi connectivity index (χ1v) is 7.88. The molecule has 0 aromatic heterocycles. The first-order chi connectivity index (χ1) is 10.5. The lowest BCUT2D eigenvalue weighted by atomic mass is 9.96. The Morgan fingerprint density at radius 3 is 2.41 bits per heavy atom. The van der Waals surface area contributed by atoms with E-state index >= 15 is 0 Å². The summed E-state index contributed by atoms with van der Waals surface area (Å²) in [5.41, 5.74) is 4.82. The van der Waals surface area contributed by atoms with E-state index in [1.807, 2.05) is 19.1 Å². The maximum absolute atomic E-state index is 8.94. The molecule has 22 heavy (non-hydrogen) atoms. The number of piperidine rings is 1. The quantitative estimate of drug-likeness (QED) is 0.792. The van der Waals surface area contributed by atoms with Crippen molar-refractivity contribution in [1.82, 2.24) is 4.90 Å². The van der Waals surface area contributed by atoms with Gasteiger partial charge in [-0.3, -0.25) is 4.90 Å². The minimum Gasteiger partial charge on any atom is -0.299 e. The maximum atomic E-state index is 8.94. The second-order valence-corrected chi connectivity index (χ2v) is 6.38. The molecule has 0 bridgehead atoms. The first kappa shape index (κ1) is 16.3. The molecule has 0 spiro atoms. The molecule has 1 aromatic rings. The number of hydrogen-bond donors (Lipinski definition) is 0. The molecule has 114 valence electrons. The maximum Gasteiger partial charge on any atom is 0.130 e. The van der Waals surface area contributed by atoms with Crippen LogP contribution in [0.4, 0.5) is 0 Å². The van der Waals surface area contributed by atoms with Crippen LogP contribution in [-0.4, -0.2) is 18.0 Å². The summed E-state index contributed by atoms with van der Waals surface area (Å²) in [5, 5.41) is 17.9. The van der Waals surface area contributed by atoms with E-state index in [1.165, 1.54) is 24.0 Å². The van der Waals surface area contributed by atoms with E-state index in [0.717, 1.165) is 36.7 Å². The Morgan fingerprint density at radius 1 is 1.18 bits per heavy atom. The molecule has 0 atom stereocenters. The largest absolute Gasteiger partial charge is 0.299 e. The van der Waals surface area contributed by atoms with Crippen molar-refractivity contribution in [2.24, 2.45) is 5.92 Å². The summed E-state index contributed by atoms with van der Waals surface area (Å²) in [7, 11) is 0. The van der Waals surface area contributed by atoms with E-state index in [4.69, 9.17) is 10.5 Å². The Kier molecular flexibility index (Phi) is 5.36. The van der Waals surface area contributed by atoms with Crippen LogP contribution < -0.4 is 0 Å². The number of likely N-dealkylation sites (tertiary alicyclic amines) is 1. The molecule has 0 N–H and O–H groups in total. The van der Waals surface area contributed by atoms with Crippen LogP contribution in [-0.2, 0) is 6.54 Å². The molecule has 1 aliphatic rings. The van der Waals surface area contributed by atoms with E-state index in [9.17, 15) is 0 Å². The SMILES string of the molecule is Cc1cc(C)c(CN2CCC(C)CC2)cc1C=C(C#N)C#N. The second kappa shape index (κ2) is 7.25. The van der Waals surface area contributed by atoms with Crippen molar-refractivity contribution in [3.05, 3.63) is 40.0 Å². The minimum atomic E-state index is 0.157. The molecule has 1 aliphatic heterocycles. The summed E-state index contributed by atoms with van der Waals surface area (Å²) in [6, 6.07) is 8.16. The predicted molar refractivity (Wildman–Crippen MR) is 88.8 cm³/mol. The summed E-state index contributed by atoms with van der Waals surface area (Å²) in [6.07, 6.45) is 4.23. The molecule has 1 fully saturated rings. The van der Waals surface area contributed by atoms with Crippen molar-refractivity contribution >= 4 is 6.08 Å². The molecule has 3 heteroatoms. The van der Waals surface area contributed by atoms with Gasteiger partial charge in [0.2, 0.25) is 0 Å². The molecule has 3 nitrogen and oxygen atoms in total. The molecular weight excluding hydrogens is 270 g/mol.